The Morgan fingerprint density at radius 3 is 2.61 bits per heavy atom. The standard InChI is InChI=1S/C15H15F3N2O3/c1-3-23-13(21)11-8(2)19-14(22)20-12(11)9-6-4-5-7-10(9)15(16,17)18/h4-7,11-12H,2-3H2,1H3,(H2,19,20,22). The first-order chi connectivity index (χ1) is 10.8. The summed E-state index contributed by atoms with van der Waals surface area (Å²) in [6, 6.07) is 2.82. The predicted molar refractivity (Wildman–Crippen MR) is 75.1 cm³/mol. The van der Waals surface area contributed by atoms with Crippen LogP contribution in [0.4, 0.5) is 18.0 Å². The Morgan fingerprint density at radius 2 is 2.00 bits per heavy atom. The average Bonchev–Trinajstić information content (AvgIpc) is 2.45. The SMILES string of the molecule is C=C1NC(=O)NC(c2ccccc2C(F)(F)F)C1C(=O)OCC. The van der Waals surface area contributed by atoms with Crippen LogP contribution < -0.4 is 10.6 Å². The number of alkyl halides is 3. The van der Waals surface area contributed by atoms with Crippen molar-refractivity contribution in [3.05, 3.63) is 47.7 Å². The van der Waals surface area contributed by atoms with Gasteiger partial charge >= 0.3 is 18.2 Å². The Balaban J connectivity index is 2.51. The molecule has 2 unspecified atom stereocenters. The molecule has 1 fully saturated rings. The zero-order valence-corrected chi connectivity index (χ0v) is 12.2. The van der Waals surface area contributed by atoms with Gasteiger partial charge in [-0.15, -0.1) is 0 Å². The van der Waals surface area contributed by atoms with Crippen molar-refractivity contribution in [3.63, 3.8) is 0 Å². The van der Waals surface area contributed by atoms with Crippen molar-refractivity contribution in [1.82, 2.24) is 10.6 Å². The van der Waals surface area contributed by atoms with Crippen LogP contribution in [-0.4, -0.2) is 18.6 Å². The maximum Gasteiger partial charge on any atom is 0.416 e. The number of carbonyl (C=O) groups is 2. The molecule has 0 aromatic heterocycles. The minimum absolute atomic E-state index is 0.00539. The van der Waals surface area contributed by atoms with Gasteiger partial charge in [-0.05, 0) is 18.6 Å². The molecule has 1 saturated heterocycles. The van der Waals surface area contributed by atoms with Gasteiger partial charge in [0, 0.05) is 5.70 Å². The first-order valence-electron chi connectivity index (χ1n) is 6.84. The van der Waals surface area contributed by atoms with Gasteiger partial charge in [-0.1, -0.05) is 24.8 Å². The van der Waals surface area contributed by atoms with Gasteiger partial charge in [-0.25, -0.2) is 4.79 Å². The lowest BCUT2D eigenvalue weighted by atomic mass is 9.86. The van der Waals surface area contributed by atoms with Gasteiger partial charge in [0.15, 0.2) is 0 Å². The molecular formula is C15H15F3N2O3. The largest absolute Gasteiger partial charge is 0.465 e. The van der Waals surface area contributed by atoms with Gasteiger partial charge in [-0.2, -0.15) is 13.2 Å². The minimum atomic E-state index is -4.62. The smallest absolute Gasteiger partial charge is 0.416 e. The number of benzene rings is 1. The molecule has 1 aliphatic heterocycles. The van der Waals surface area contributed by atoms with Crippen molar-refractivity contribution < 1.29 is 27.5 Å². The molecule has 0 bridgehead atoms. The second-order valence-electron chi connectivity index (χ2n) is 4.92. The molecular weight excluding hydrogens is 313 g/mol. The van der Waals surface area contributed by atoms with Crippen molar-refractivity contribution in [2.75, 3.05) is 6.61 Å². The molecule has 0 spiro atoms. The third kappa shape index (κ3) is 3.46. The second-order valence-corrected chi connectivity index (χ2v) is 4.92. The molecule has 8 heteroatoms. The summed E-state index contributed by atoms with van der Waals surface area (Å²) >= 11 is 0. The molecule has 2 amide bonds. The number of hydrogen-bond donors (Lipinski definition) is 2. The van der Waals surface area contributed by atoms with Gasteiger partial charge in [0.2, 0.25) is 0 Å². The molecule has 0 radical (unpaired) electrons. The molecule has 0 saturated carbocycles. The van der Waals surface area contributed by atoms with E-state index >= 15 is 0 Å². The number of esters is 1. The van der Waals surface area contributed by atoms with Crippen molar-refractivity contribution >= 4 is 12.0 Å². The van der Waals surface area contributed by atoms with Gasteiger partial charge in [0.25, 0.3) is 0 Å². The average molecular weight is 328 g/mol. The molecule has 2 N–H and O–H groups in total. The lowest BCUT2D eigenvalue weighted by Gasteiger charge is -2.34. The number of nitrogens with one attached hydrogen (secondary N) is 2. The molecule has 1 heterocycles. The summed E-state index contributed by atoms with van der Waals surface area (Å²) in [7, 11) is 0. The van der Waals surface area contributed by atoms with Crippen LogP contribution in [0.15, 0.2) is 36.5 Å². The van der Waals surface area contributed by atoms with Gasteiger partial charge in [0.1, 0.15) is 5.92 Å². The van der Waals surface area contributed by atoms with Crippen molar-refractivity contribution in [2.45, 2.75) is 19.1 Å². The predicted octanol–water partition coefficient (Wildman–Crippen LogP) is 2.75. The lowest BCUT2D eigenvalue weighted by Crippen LogP contribution is -2.51. The summed E-state index contributed by atoms with van der Waals surface area (Å²) in [6.07, 6.45) is -4.62. The number of rotatable bonds is 3. The Labute approximate surface area is 130 Å². The zero-order valence-electron chi connectivity index (χ0n) is 12.2. The molecule has 0 aliphatic carbocycles. The molecule has 23 heavy (non-hydrogen) atoms. The van der Waals surface area contributed by atoms with Crippen molar-refractivity contribution in [2.24, 2.45) is 5.92 Å². The van der Waals surface area contributed by atoms with E-state index < -0.39 is 35.7 Å². The quantitative estimate of drug-likeness (QED) is 0.839. The maximum atomic E-state index is 13.2. The van der Waals surface area contributed by atoms with Gasteiger partial charge < -0.3 is 15.4 Å². The third-order valence-corrected chi connectivity index (χ3v) is 3.41. The lowest BCUT2D eigenvalue weighted by molar-refractivity contribution is -0.149. The number of carbonyl (C=O) groups excluding carboxylic acids is 2. The second kappa shape index (κ2) is 6.31. The number of urea groups is 1. The summed E-state index contributed by atoms with van der Waals surface area (Å²) in [4.78, 5) is 23.7. The summed E-state index contributed by atoms with van der Waals surface area (Å²) in [5.74, 6) is -1.91. The van der Waals surface area contributed by atoms with Gasteiger partial charge in [0.05, 0.1) is 18.2 Å². The van der Waals surface area contributed by atoms with E-state index in [0.717, 1.165) is 6.07 Å². The highest BCUT2D eigenvalue weighted by molar-refractivity contribution is 5.85. The van der Waals surface area contributed by atoms with E-state index in [1.165, 1.54) is 18.2 Å². The molecule has 1 aromatic carbocycles. The molecule has 2 atom stereocenters. The number of halogens is 3. The van der Waals surface area contributed by atoms with Crippen molar-refractivity contribution in [3.8, 4) is 0 Å². The van der Waals surface area contributed by atoms with Crippen molar-refractivity contribution in [1.29, 1.82) is 0 Å². The fraction of sp³-hybridized carbons (Fsp3) is 0.333. The molecule has 1 aliphatic rings. The van der Waals surface area contributed by atoms with E-state index in [9.17, 15) is 22.8 Å². The Kier molecular flexibility index (Phi) is 4.63. The Hall–Kier alpha value is -2.51. The number of hydrogen-bond acceptors (Lipinski definition) is 3. The first-order valence-corrected chi connectivity index (χ1v) is 6.84. The topological polar surface area (TPSA) is 67.4 Å². The molecule has 1 aromatic rings. The first kappa shape index (κ1) is 16.9. The fourth-order valence-electron chi connectivity index (χ4n) is 2.48. The molecule has 124 valence electrons. The Morgan fingerprint density at radius 1 is 1.35 bits per heavy atom. The summed E-state index contributed by atoms with van der Waals surface area (Å²) in [6.45, 7) is 5.20. The summed E-state index contributed by atoms with van der Waals surface area (Å²) in [5, 5.41) is 4.65. The van der Waals surface area contributed by atoms with E-state index in [2.05, 4.69) is 17.2 Å². The zero-order chi connectivity index (χ0) is 17.2. The summed E-state index contributed by atoms with van der Waals surface area (Å²) < 4.78 is 44.5. The molecule has 2 rings (SSSR count). The van der Waals surface area contributed by atoms with Crippen LogP contribution in [-0.2, 0) is 15.7 Å². The van der Waals surface area contributed by atoms with Crippen LogP contribution in [0.1, 0.15) is 24.1 Å². The van der Waals surface area contributed by atoms with E-state index in [1.807, 2.05) is 0 Å². The van der Waals surface area contributed by atoms with E-state index in [4.69, 9.17) is 4.74 Å². The van der Waals surface area contributed by atoms with Crippen LogP contribution in [0.3, 0.4) is 0 Å². The minimum Gasteiger partial charge on any atom is -0.465 e. The highest BCUT2D eigenvalue weighted by atomic mass is 19.4. The molecule has 5 nitrogen and oxygen atoms in total. The van der Waals surface area contributed by atoms with E-state index in [1.54, 1.807) is 6.92 Å². The Bertz CT molecular complexity index is 643. The third-order valence-electron chi connectivity index (χ3n) is 3.41. The van der Waals surface area contributed by atoms with Crippen LogP contribution in [0.2, 0.25) is 0 Å². The number of ether oxygens (including phenoxy) is 1. The highest BCUT2D eigenvalue weighted by Gasteiger charge is 2.43. The normalized spacial score (nSPS) is 21.4. The van der Waals surface area contributed by atoms with Crippen LogP contribution >= 0.6 is 0 Å². The van der Waals surface area contributed by atoms with E-state index in [-0.39, 0.29) is 17.9 Å². The van der Waals surface area contributed by atoms with Gasteiger partial charge in [-0.3, -0.25) is 4.79 Å². The highest BCUT2D eigenvalue weighted by Crippen LogP contribution is 2.39. The number of amides is 2. The summed E-state index contributed by atoms with van der Waals surface area (Å²) in [5.41, 5.74) is -1.14. The van der Waals surface area contributed by atoms with Crippen LogP contribution in [0.5, 0.6) is 0 Å². The fourth-order valence-corrected chi connectivity index (χ4v) is 2.48. The van der Waals surface area contributed by atoms with Crippen LogP contribution in [0.25, 0.3) is 0 Å². The van der Waals surface area contributed by atoms with E-state index in [0.29, 0.717) is 0 Å². The monoisotopic (exact) mass is 328 g/mol. The van der Waals surface area contributed by atoms with Crippen LogP contribution in [0, 0.1) is 5.92 Å². The maximum absolute atomic E-state index is 13.2.